The van der Waals surface area contributed by atoms with Crippen LogP contribution in [0.1, 0.15) is 23.7 Å². The highest BCUT2D eigenvalue weighted by Gasteiger charge is 2.24. The molecule has 1 unspecified atom stereocenters. The van der Waals surface area contributed by atoms with Gasteiger partial charge in [0.2, 0.25) is 5.95 Å². The molecule has 0 spiro atoms. The predicted octanol–water partition coefficient (Wildman–Crippen LogP) is 3.06. The smallest absolute Gasteiger partial charge is 0.222 e. The van der Waals surface area contributed by atoms with Gasteiger partial charge in [0, 0.05) is 24.0 Å². The van der Waals surface area contributed by atoms with E-state index in [0.717, 1.165) is 24.2 Å². The Morgan fingerprint density at radius 1 is 1.25 bits per heavy atom. The molecule has 0 radical (unpaired) electrons. The first-order valence-corrected chi connectivity index (χ1v) is 9.17. The third kappa shape index (κ3) is 3.50. The van der Waals surface area contributed by atoms with Crippen molar-refractivity contribution in [1.82, 2.24) is 15.0 Å². The Kier molecular flexibility index (Phi) is 4.63. The van der Waals surface area contributed by atoms with Crippen LogP contribution in [0, 0.1) is 11.8 Å². The number of fused-ring (bicyclic) bond motifs is 1. The quantitative estimate of drug-likeness (QED) is 0.653. The summed E-state index contributed by atoms with van der Waals surface area (Å²) >= 11 is 6.28. The number of nitrogens with zero attached hydrogens (tertiary/aromatic N) is 4. The van der Waals surface area contributed by atoms with E-state index < -0.39 is 5.60 Å². The molecule has 1 aliphatic heterocycles. The van der Waals surface area contributed by atoms with Gasteiger partial charge >= 0.3 is 0 Å². The van der Waals surface area contributed by atoms with Crippen LogP contribution >= 0.6 is 11.6 Å². The van der Waals surface area contributed by atoms with Gasteiger partial charge in [-0.1, -0.05) is 35.6 Å². The molecule has 3 N–H and O–H groups in total. The van der Waals surface area contributed by atoms with E-state index in [1.807, 2.05) is 29.2 Å². The fraction of sp³-hybridized carbons (Fsp3) is 0.190. The van der Waals surface area contributed by atoms with Crippen molar-refractivity contribution in [1.29, 1.82) is 0 Å². The van der Waals surface area contributed by atoms with Gasteiger partial charge in [-0.05, 0) is 43.2 Å². The molecule has 3 aromatic rings. The molecule has 0 saturated carbocycles. The fourth-order valence-corrected chi connectivity index (χ4v) is 3.34. The van der Waals surface area contributed by atoms with Gasteiger partial charge in [-0.3, -0.25) is 4.98 Å². The first kappa shape index (κ1) is 18.2. The Bertz CT molecular complexity index is 1090. The number of rotatable bonds is 2. The van der Waals surface area contributed by atoms with E-state index in [0.29, 0.717) is 16.5 Å². The number of halogens is 1. The van der Waals surface area contributed by atoms with Crippen molar-refractivity contribution in [2.45, 2.75) is 18.9 Å². The molecule has 1 atom stereocenters. The first-order chi connectivity index (χ1) is 13.4. The third-order valence-electron chi connectivity index (χ3n) is 4.59. The Morgan fingerprint density at radius 2 is 2.11 bits per heavy atom. The van der Waals surface area contributed by atoms with E-state index in [9.17, 15) is 5.11 Å². The third-order valence-corrected chi connectivity index (χ3v) is 4.86. The minimum absolute atomic E-state index is 0.176. The summed E-state index contributed by atoms with van der Waals surface area (Å²) in [7, 11) is 0. The molecule has 0 saturated heterocycles. The molecule has 3 heterocycles. The normalized spacial score (nSPS) is 14.8. The zero-order valence-corrected chi connectivity index (χ0v) is 16.0. The van der Waals surface area contributed by atoms with Crippen LogP contribution in [0.3, 0.4) is 0 Å². The van der Waals surface area contributed by atoms with Crippen LogP contribution < -0.4 is 10.6 Å². The van der Waals surface area contributed by atoms with Gasteiger partial charge in [-0.2, -0.15) is 4.98 Å². The lowest BCUT2D eigenvalue weighted by Crippen LogP contribution is -2.20. The summed E-state index contributed by atoms with van der Waals surface area (Å²) < 4.78 is 0. The molecular weight excluding hydrogens is 374 g/mol. The molecule has 4 rings (SSSR count). The molecule has 2 aromatic heterocycles. The number of nitrogens with two attached hydrogens (primary N) is 1. The van der Waals surface area contributed by atoms with Crippen LogP contribution in [0.5, 0.6) is 0 Å². The highest BCUT2D eigenvalue weighted by atomic mass is 35.5. The van der Waals surface area contributed by atoms with Gasteiger partial charge in [0.15, 0.2) is 11.4 Å². The van der Waals surface area contributed by atoms with E-state index in [1.165, 1.54) is 11.8 Å². The minimum atomic E-state index is -1.34. The fourth-order valence-electron chi connectivity index (χ4n) is 3.15. The average molecular weight is 392 g/mol. The maximum absolute atomic E-state index is 10.6. The number of anilines is 3. The zero-order valence-electron chi connectivity index (χ0n) is 15.2. The monoisotopic (exact) mass is 391 g/mol. The van der Waals surface area contributed by atoms with E-state index >= 15 is 0 Å². The first-order valence-electron chi connectivity index (χ1n) is 8.79. The van der Waals surface area contributed by atoms with E-state index in [-0.39, 0.29) is 5.95 Å². The van der Waals surface area contributed by atoms with Gasteiger partial charge in [0.05, 0.1) is 11.9 Å². The van der Waals surface area contributed by atoms with E-state index in [1.54, 1.807) is 25.3 Å². The molecule has 7 heteroatoms. The molecule has 0 aliphatic carbocycles. The van der Waals surface area contributed by atoms with E-state index in [2.05, 4.69) is 26.8 Å². The lowest BCUT2D eigenvalue weighted by molar-refractivity contribution is 0.117. The second kappa shape index (κ2) is 7.12. The van der Waals surface area contributed by atoms with Crippen LogP contribution in [-0.2, 0) is 12.0 Å². The molecule has 140 valence electrons. The summed E-state index contributed by atoms with van der Waals surface area (Å²) in [6, 6.07) is 11.3. The Labute approximate surface area is 168 Å². The molecule has 28 heavy (non-hydrogen) atoms. The molecule has 6 nitrogen and oxygen atoms in total. The van der Waals surface area contributed by atoms with Crippen LogP contribution in [0.2, 0.25) is 5.02 Å². The van der Waals surface area contributed by atoms with E-state index in [4.69, 9.17) is 17.3 Å². The second-order valence-electron chi connectivity index (χ2n) is 6.68. The Balaban J connectivity index is 1.68. The maximum atomic E-state index is 10.6. The summed E-state index contributed by atoms with van der Waals surface area (Å²) in [5, 5.41) is 11.1. The minimum Gasteiger partial charge on any atom is -0.372 e. The van der Waals surface area contributed by atoms with Crippen molar-refractivity contribution >= 4 is 29.1 Å². The Morgan fingerprint density at radius 3 is 2.89 bits per heavy atom. The SMILES string of the molecule is CC(O)(C#Cc1ccc2c(c1)N(c1nc(N)ncc1Cl)CC2)c1ccccn1. The zero-order chi connectivity index (χ0) is 19.7. The number of pyridine rings is 1. The van der Waals surface area contributed by atoms with Crippen LogP contribution in [0.4, 0.5) is 17.5 Å². The molecule has 0 fully saturated rings. The van der Waals surface area contributed by atoms with Crippen LogP contribution in [0.25, 0.3) is 0 Å². The highest BCUT2D eigenvalue weighted by Crippen LogP contribution is 2.37. The number of hydrogen-bond donors (Lipinski definition) is 2. The summed E-state index contributed by atoms with van der Waals surface area (Å²) in [6.45, 7) is 2.37. The molecular formula is C21H18ClN5O. The standard InChI is InChI=1S/C21H18ClN5O/c1-21(28,18-4-2-3-10-24-18)9-7-14-5-6-15-8-11-27(17(15)12-14)19-16(22)13-25-20(23)26-19/h2-6,10,12-13,28H,8,11H2,1H3,(H2,23,25,26). The predicted molar refractivity (Wildman–Crippen MR) is 109 cm³/mol. The van der Waals surface area contributed by atoms with Gasteiger partial charge in [0.1, 0.15) is 5.02 Å². The van der Waals surface area contributed by atoms with Crippen molar-refractivity contribution < 1.29 is 5.11 Å². The van der Waals surface area contributed by atoms with Gasteiger partial charge in [0.25, 0.3) is 0 Å². The second-order valence-corrected chi connectivity index (χ2v) is 7.09. The summed E-state index contributed by atoms with van der Waals surface area (Å²) in [5.41, 5.74) is 7.83. The number of hydrogen-bond acceptors (Lipinski definition) is 6. The number of aromatic nitrogens is 3. The van der Waals surface area contributed by atoms with Crippen molar-refractivity contribution in [2.24, 2.45) is 0 Å². The van der Waals surface area contributed by atoms with Gasteiger partial charge in [-0.15, -0.1) is 0 Å². The maximum Gasteiger partial charge on any atom is 0.222 e. The number of aliphatic hydroxyl groups is 1. The Hall–Kier alpha value is -3.14. The van der Waals surface area contributed by atoms with Crippen molar-refractivity contribution in [3.05, 3.63) is 70.6 Å². The van der Waals surface area contributed by atoms with Crippen molar-refractivity contribution in [3.63, 3.8) is 0 Å². The largest absolute Gasteiger partial charge is 0.372 e. The van der Waals surface area contributed by atoms with Gasteiger partial charge in [-0.25, -0.2) is 4.98 Å². The van der Waals surface area contributed by atoms with Crippen molar-refractivity contribution in [3.8, 4) is 11.8 Å². The van der Waals surface area contributed by atoms with Crippen LogP contribution in [-0.4, -0.2) is 26.6 Å². The highest BCUT2D eigenvalue weighted by molar-refractivity contribution is 6.33. The number of nitrogen functional groups attached to an aromatic ring is 1. The van der Waals surface area contributed by atoms with Gasteiger partial charge < -0.3 is 15.7 Å². The average Bonchev–Trinajstić information content (AvgIpc) is 3.12. The van der Waals surface area contributed by atoms with Crippen LogP contribution in [0.15, 0.2) is 48.8 Å². The summed E-state index contributed by atoms with van der Waals surface area (Å²) in [5.74, 6) is 6.72. The summed E-state index contributed by atoms with van der Waals surface area (Å²) in [6.07, 6.45) is 4.01. The topological polar surface area (TPSA) is 88.2 Å². The summed E-state index contributed by atoms with van der Waals surface area (Å²) in [4.78, 5) is 14.4. The molecule has 1 aromatic carbocycles. The van der Waals surface area contributed by atoms with Crippen molar-refractivity contribution in [2.75, 3.05) is 17.2 Å². The molecule has 0 amide bonds. The lowest BCUT2D eigenvalue weighted by Gasteiger charge is -2.19. The lowest BCUT2D eigenvalue weighted by atomic mass is 10.0. The number of benzene rings is 1. The molecule has 1 aliphatic rings. The molecule has 0 bridgehead atoms.